The van der Waals surface area contributed by atoms with Crippen LogP contribution in [-0.2, 0) is 17.8 Å². The summed E-state index contributed by atoms with van der Waals surface area (Å²) in [6.07, 6.45) is 5.58. The van der Waals surface area contributed by atoms with Gasteiger partial charge in [0.05, 0.1) is 6.61 Å². The van der Waals surface area contributed by atoms with E-state index in [9.17, 15) is 4.79 Å². The Morgan fingerprint density at radius 2 is 1.78 bits per heavy atom. The van der Waals surface area contributed by atoms with Crippen LogP contribution in [-0.4, -0.2) is 67.2 Å². The Kier molecular flexibility index (Phi) is 11.6. The number of guanidine groups is 1. The second-order valence-corrected chi connectivity index (χ2v) is 8.66. The lowest BCUT2D eigenvalue weighted by Gasteiger charge is -2.33. The van der Waals surface area contributed by atoms with E-state index < -0.39 is 0 Å². The molecule has 8 heteroatoms. The minimum atomic E-state index is -0.207. The van der Waals surface area contributed by atoms with Crippen molar-refractivity contribution in [2.24, 2.45) is 4.99 Å². The molecule has 1 aromatic rings. The molecule has 1 atom stereocenters. The van der Waals surface area contributed by atoms with Gasteiger partial charge in [-0.1, -0.05) is 30.7 Å². The second-order valence-electron chi connectivity index (χ2n) is 8.66. The molecular weight excluding hydrogens is 517 g/mol. The first-order valence-corrected chi connectivity index (χ1v) is 11.8. The highest BCUT2D eigenvalue weighted by Crippen LogP contribution is 2.19. The lowest BCUT2D eigenvalue weighted by atomic mass is 10.0. The zero-order valence-electron chi connectivity index (χ0n) is 19.8. The summed E-state index contributed by atoms with van der Waals surface area (Å²) in [6.45, 7) is 9.03. The number of carbonyl (C=O) groups is 1. The number of carbonyl (C=O) groups excluding carboxylic acids is 1. The standard InChI is InChI=1S/C24H39N5O2.HI/c1-4-31-24(30)28-15-12-22(13-16-28)27-23(25-3)26-17-20-8-10-21(11-9-20)18-29-14-6-5-7-19(29)2;/h8-11,19,22H,4-7,12-18H2,1-3H3,(H2,25,26,27);1H. The van der Waals surface area contributed by atoms with Crippen LogP contribution in [0.2, 0.25) is 0 Å². The van der Waals surface area contributed by atoms with E-state index in [-0.39, 0.29) is 30.1 Å². The number of nitrogens with zero attached hydrogens (tertiary/aromatic N) is 3. The van der Waals surface area contributed by atoms with Gasteiger partial charge in [0.15, 0.2) is 5.96 Å². The van der Waals surface area contributed by atoms with Crippen LogP contribution in [0.4, 0.5) is 4.79 Å². The molecular formula is C24H40IN5O2. The highest BCUT2D eigenvalue weighted by atomic mass is 127. The molecule has 2 aliphatic heterocycles. The predicted octanol–water partition coefficient (Wildman–Crippen LogP) is 3.96. The molecule has 0 bridgehead atoms. The van der Waals surface area contributed by atoms with Crippen LogP contribution in [0.5, 0.6) is 0 Å². The molecule has 32 heavy (non-hydrogen) atoms. The number of aliphatic imine (C=N–C) groups is 1. The Balaban J connectivity index is 0.00000363. The highest BCUT2D eigenvalue weighted by molar-refractivity contribution is 14.0. The normalized spacial score (nSPS) is 20.4. The Morgan fingerprint density at radius 1 is 1.09 bits per heavy atom. The number of amides is 1. The van der Waals surface area contributed by atoms with Gasteiger partial charge in [-0.25, -0.2) is 4.79 Å². The second kappa shape index (κ2) is 13.9. The molecule has 3 rings (SSSR count). The van der Waals surface area contributed by atoms with Crippen molar-refractivity contribution < 1.29 is 9.53 Å². The fourth-order valence-corrected chi connectivity index (χ4v) is 4.38. The van der Waals surface area contributed by atoms with Crippen molar-refractivity contribution in [3.8, 4) is 0 Å². The van der Waals surface area contributed by atoms with Crippen molar-refractivity contribution in [3.63, 3.8) is 0 Å². The summed E-state index contributed by atoms with van der Waals surface area (Å²) in [7, 11) is 1.80. The van der Waals surface area contributed by atoms with E-state index in [2.05, 4.69) is 51.7 Å². The summed E-state index contributed by atoms with van der Waals surface area (Å²) in [6, 6.07) is 9.92. The molecule has 2 fully saturated rings. The molecule has 0 spiro atoms. The first-order valence-electron chi connectivity index (χ1n) is 11.8. The van der Waals surface area contributed by atoms with E-state index in [1.165, 1.54) is 36.9 Å². The predicted molar refractivity (Wildman–Crippen MR) is 141 cm³/mol. The average molecular weight is 558 g/mol. The molecule has 2 heterocycles. The summed E-state index contributed by atoms with van der Waals surface area (Å²) in [4.78, 5) is 20.6. The number of halogens is 1. The number of rotatable bonds is 6. The van der Waals surface area contributed by atoms with E-state index in [0.717, 1.165) is 31.9 Å². The third kappa shape index (κ3) is 8.10. The Morgan fingerprint density at radius 3 is 2.41 bits per heavy atom. The van der Waals surface area contributed by atoms with Crippen LogP contribution in [0.25, 0.3) is 0 Å². The molecule has 0 aliphatic carbocycles. The topological polar surface area (TPSA) is 69.2 Å². The number of benzene rings is 1. The lowest BCUT2D eigenvalue weighted by Crippen LogP contribution is -2.49. The van der Waals surface area contributed by atoms with Crippen LogP contribution in [0, 0.1) is 0 Å². The minimum Gasteiger partial charge on any atom is -0.450 e. The van der Waals surface area contributed by atoms with Gasteiger partial charge in [-0.05, 0) is 57.2 Å². The SMILES string of the molecule is CCOC(=O)N1CCC(NC(=NC)NCc2ccc(CN3CCCCC3C)cc2)CC1.I. The van der Waals surface area contributed by atoms with Gasteiger partial charge in [-0.15, -0.1) is 24.0 Å². The van der Waals surface area contributed by atoms with Crippen LogP contribution in [0.1, 0.15) is 57.1 Å². The van der Waals surface area contributed by atoms with E-state index in [1.54, 1.807) is 11.9 Å². The molecule has 0 saturated carbocycles. The summed E-state index contributed by atoms with van der Waals surface area (Å²) >= 11 is 0. The third-order valence-corrected chi connectivity index (χ3v) is 6.39. The Hall–Kier alpha value is -1.55. The lowest BCUT2D eigenvalue weighted by molar-refractivity contribution is 0.0963. The van der Waals surface area contributed by atoms with E-state index >= 15 is 0 Å². The Bertz CT molecular complexity index is 720. The molecule has 2 aliphatic rings. The van der Waals surface area contributed by atoms with Crippen molar-refractivity contribution in [2.45, 2.75) is 71.1 Å². The van der Waals surface area contributed by atoms with E-state index in [4.69, 9.17) is 4.74 Å². The summed E-state index contributed by atoms with van der Waals surface area (Å²) in [5.74, 6) is 0.806. The molecule has 180 valence electrons. The summed E-state index contributed by atoms with van der Waals surface area (Å²) < 4.78 is 5.09. The smallest absolute Gasteiger partial charge is 0.409 e. The molecule has 1 aromatic carbocycles. The quantitative estimate of drug-likeness (QED) is 0.315. The van der Waals surface area contributed by atoms with Gasteiger partial charge in [0.25, 0.3) is 0 Å². The minimum absolute atomic E-state index is 0. The molecule has 2 N–H and O–H groups in total. The molecule has 0 radical (unpaired) electrons. The number of nitrogens with one attached hydrogen (secondary N) is 2. The van der Waals surface area contributed by atoms with Crippen molar-refractivity contribution in [3.05, 3.63) is 35.4 Å². The van der Waals surface area contributed by atoms with Crippen molar-refractivity contribution in [2.75, 3.05) is 33.3 Å². The molecule has 1 amide bonds. The molecule has 1 unspecified atom stereocenters. The molecule has 7 nitrogen and oxygen atoms in total. The first kappa shape index (κ1) is 26.7. The van der Waals surface area contributed by atoms with Crippen LogP contribution in [0.3, 0.4) is 0 Å². The van der Waals surface area contributed by atoms with E-state index in [0.29, 0.717) is 31.8 Å². The number of likely N-dealkylation sites (tertiary alicyclic amines) is 2. The van der Waals surface area contributed by atoms with Gasteiger partial charge in [-0.3, -0.25) is 9.89 Å². The maximum atomic E-state index is 11.8. The van der Waals surface area contributed by atoms with Gasteiger partial charge in [0.2, 0.25) is 0 Å². The van der Waals surface area contributed by atoms with Crippen molar-refractivity contribution in [1.82, 2.24) is 20.4 Å². The maximum absolute atomic E-state index is 11.8. The van der Waals surface area contributed by atoms with Gasteiger partial charge in [-0.2, -0.15) is 0 Å². The van der Waals surface area contributed by atoms with Gasteiger partial charge >= 0.3 is 6.09 Å². The monoisotopic (exact) mass is 557 g/mol. The van der Waals surface area contributed by atoms with Gasteiger partial charge < -0.3 is 20.3 Å². The number of ether oxygens (including phenoxy) is 1. The number of hydrogen-bond donors (Lipinski definition) is 2. The average Bonchev–Trinajstić information content (AvgIpc) is 2.79. The summed E-state index contributed by atoms with van der Waals surface area (Å²) in [5.41, 5.74) is 2.63. The number of piperidine rings is 2. The van der Waals surface area contributed by atoms with Crippen LogP contribution < -0.4 is 10.6 Å². The fraction of sp³-hybridized carbons (Fsp3) is 0.667. The fourth-order valence-electron chi connectivity index (χ4n) is 4.38. The van der Waals surface area contributed by atoms with Crippen molar-refractivity contribution in [1.29, 1.82) is 0 Å². The van der Waals surface area contributed by atoms with Crippen LogP contribution in [0.15, 0.2) is 29.3 Å². The molecule has 0 aromatic heterocycles. The zero-order valence-corrected chi connectivity index (χ0v) is 22.1. The summed E-state index contributed by atoms with van der Waals surface area (Å²) in [5, 5.41) is 6.91. The van der Waals surface area contributed by atoms with Gasteiger partial charge in [0, 0.05) is 45.3 Å². The van der Waals surface area contributed by atoms with Crippen molar-refractivity contribution >= 4 is 36.0 Å². The number of hydrogen-bond acceptors (Lipinski definition) is 4. The third-order valence-electron chi connectivity index (χ3n) is 6.39. The van der Waals surface area contributed by atoms with Crippen LogP contribution >= 0.6 is 24.0 Å². The maximum Gasteiger partial charge on any atom is 0.409 e. The molecule has 2 saturated heterocycles. The zero-order chi connectivity index (χ0) is 22.1. The van der Waals surface area contributed by atoms with Gasteiger partial charge in [0.1, 0.15) is 0 Å². The Labute approximate surface area is 210 Å². The largest absolute Gasteiger partial charge is 0.450 e. The van der Waals surface area contributed by atoms with E-state index in [1.807, 2.05) is 6.92 Å². The first-order chi connectivity index (χ1) is 15.1. The highest BCUT2D eigenvalue weighted by Gasteiger charge is 2.24.